The predicted molar refractivity (Wildman–Crippen MR) is 127 cm³/mol. The van der Waals surface area contributed by atoms with Gasteiger partial charge in [-0.1, -0.05) is 29.8 Å². The summed E-state index contributed by atoms with van der Waals surface area (Å²) in [5.41, 5.74) is 0.967. The van der Waals surface area contributed by atoms with Gasteiger partial charge in [0.25, 0.3) is 0 Å². The first kappa shape index (κ1) is 23.0. The standard InChI is InChI=1S/C21H26ClN5O2.HI/c1-2-23-21(26-12-13-4-7-16(22)25-11-13)24-8-3-9-27-19(28)17-14-5-6-15(10-14)18(17)20(27)29;/h4-7,11,14-15,17-18H,2-3,8-10,12H2,1H3,(H2,23,24,26);1H. The van der Waals surface area contributed by atoms with E-state index in [4.69, 9.17) is 11.6 Å². The summed E-state index contributed by atoms with van der Waals surface area (Å²) in [6.07, 6.45) is 7.61. The van der Waals surface area contributed by atoms with Gasteiger partial charge in [-0.05, 0) is 43.2 Å². The second-order valence-electron chi connectivity index (χ2n) is 7.79. The first-order valence-electron chi connectivity index (χ1n) is 10.2. The molecule has 2 bridgehead atoms. The van der Waals surface area contributed by atoms with Gasteiger partial charge in [-0.3, -0.25) is 14.5 Å². The lowest BCUT2D eigenvalue weighted by Crippen LogP contribution is -2.40. The van der Waals surface area contributed by atoms with Crippen molar-refractivity contribution in [1.82, 2.24) is 20.5 Å². The highest BCUT2D eigenvalue weighted by Crippen LogP contribution is 2.52. The Balaban J connectivity index is 0.00000256. The van der Waals surface area contributed by atoms with Crippen LogP contribution in [-0.2, 0) is 16.1 Å². The van der Waals surface area contributed by atoms with Gasteiger partial charge in [0.05, 0.1) is 18.4 Å². The Bertz CT molecular complexity index is 814. The summed E-state index contributed by atoms with van der Waals surface area (Å²) >= 11 is 5.81. The van der Waals surface area contributed by atoms with Crippen molar-refractivity contribution in [2.45, 2.75) is 26.3 Å². The Morgan fingerprint density at radius 3 is 2.50 bits per heavy atom. The second-order valence-corrected chi connectivity index (χ2v) is 8.18. The zero-order chi connectivity index (χ0) is 20.4. The zero-order valence-corrected chi connectivity index (χ0v) is 20.0. The van der Waals surface area contributed by atoms with Gasteiger partial charge in [0.15, 0.2) is 5.96 Å². The molecule has 3 aliphatic rings. The number of halogens is 2. The van der Waals surface area contributed by atoms with Crippen LogP contribution in [0.1, 0.15) is 25.3 Å². The molecule has 1 saturated carbocycles. The SMILES string of the molecule is CCNC(=NCc1ccc(Cl)nc1)NCCCN1C(=O)C2C3C=CC(C3)C2C1=O.I. The number of aromatic nitrogens is 1. The maximum atomic E-state index is 12.7. The van der Waals surface area contributed by atoms with Gasteiger partial charge in [0.1, 0.15) is 5.15 Å². The van der Waals surface area contributed by atoms with Crippen molar-refractivity contribution in [1.29, 1.82) is 0 Å². The van der Waals surface area contributed by atoms with Crippen LogP contribution in [0.4, 0.5) is 0 Å². The minimum Gasteiger partial charge on any atom is -0.357 e. The summed E-state index contributed by atoms with van der Waals surface area (Å²) < 4.78 is 0. The molecule has 4 rings (SSSR count). The van der Waals surface area contributed by atoms with Gasteiger partial charge in [0, 0.05) is 25.8 Å². The highest BCUT2D eigenvalue weighted by Gasteiger charge is 2.58. The molecule has 0 aromatic carbocycles. The molecule has 1 aromatic heterocycles. The van der Waals surface area contributed by atoms with Gasteiger partial charge in [-0.25, -0.2) is 9.98 Å². The highest BCUT2D eigenvalue weighted by atomic mass is 127. The molecule has 7 nitrogen and oxygen atoms in total. The molecular formula is C21H27ClIN5O2. The highest BCUT2D eigenvalue weighted by molar-refractivity contribution is 14.0. The minimum absolute atomic E-state index is 0. The van der Waals surface area contributed by atoms with E-state index >= 15 is 0 Å². The molecule has 1 aromatic rings. The third-order valence-electron chi connectivity index (χ3n) is 5.97. The number of amides is 2. The normalized spacial score (nSPS) is 26.7. The smallest absolute Gasteiger partial charge is 0.233 e. The third kappa shape index (κ3) is 4.64. The fourth-order valence-electron chi connectivity index (χ4n) is 4.64. The van der Waals surface area contributed by atoms with Gasteiger partial charge in [-0.2, -0.15) is 0 Å². The lowest BCUT2D eigenvalue weighted by Gasteiger charge is -2.18. The van der Waals surface area contributed by atoms with E-state index in [-0.39, 0.29) is 59.5 Å². The van der Waals surface area contributed by atoms with Gasteiger partial charge < -0.3 is 10.6 Å². The van der Waals surface area contributed by atoms with Gasteiger partial charge >= 0.3 is 0 Å². The molecule has 162 valence electrons. The first-order valence-corrected chi connectivity index (χ1v) is 10.6. The maximum Gasteiger partial charge on any atom is 0.233 e. The molecule has 0 spiro atoms. The molecule has 30 heavy (non-hydrogen) atoms. The molecule has 1 aliphatic heterocycles. The van der Waals surface area contributed by atoms with Crippen LogP contribution in [0, 0.1) is 23.7 Å². The number of hydrogen-bond acceptors (Lipinski definition) is 4. The number of hydrogen-bond donors (Lipinski definition) is 2. The molecular weight excluding hydrogens is 517 g/mol. The van der Waals surface area contributed by atoms with Crippen molar-refractivity contribution in [3.8, 4) is 0 Å². The molecule has 9 heteroatoms. The lowest BCUT2D eigenvalue weighted by molar-refractivity contribution is -0.140. The first-order chi connectivity index (χ1) is 14.1. The summed E-state index contributed by atoms with van der Waals surface area (Å²) in [5, 5.41) is 6.93. The molecule has 0 radical (unpaired) electrons. The largest absolute Gasteiger partial charge is 0.357 e. The summed E-state index contributed by atoms with van der Waals surface area (Å²) in [6, 6.07) is 3.64. The number of rotatable bonds is 7. The molecule has 2 heterocycles. The van der Waals surface area contributed by atoms with E-state index in [9.17, 15) is 9.59 Å². The average molecular weight is 544 g/mol. The molecule has 1 saturated heterocycles. The Kier molecular flexibility index (Phi) is 7.73. The molecule has 2 N–H and O–H groups in total. The van der Waals surface area contributed by atoms with Crippen LogP contribution < -0.4 is 10.6 Å². The summed E-state index contributed by atoms with van der Waals surface area (Å²) in [5.74, 6) is 1.04. The molecule has 2 aliphatic carbocycles. The van der Waals surface area contributed by atoms with E-state index in [2.05, 4.69) is 32.8 Å². The molecule has 4 unspecified atom stereocenters. The fraction of sp³-hybridized carbons (Fsp3) is 0.524. The van der Waals surface area contributed by atoms with Crippen LogP contribution >= 0.6 is 35.6 Å². The Hall–Kier alpha value is -1.68. The van der Waals surface area contributed by atoms with Crippen LogP contribution in [0.15, 0.2) is 35.5 Å². The topological polar surface area (TPSA) is 86.7 Å². The van der Waals surface area contributed by atoms with Crippen LogP contribution in [0.25, 0.3) is 0 Å². The summed E-state index contributed by atoms with van der Waals surface area (Å²) in [4.78, 5) is 35.5. The quantitative estimate of drug-likeness (QED) is 0.105. The molecule has 4 atom stereocenters. The predicted octanol–water partition coefficient (Wildman–Crippen LogP) is 2.61. The Morgan fingerprint density at radius 2 is 1.90 bits per heavy atom. The van der Waals surface area contributed by atoms with Crippen molar-refractivity contribution in [3.05, 3.63) is 41.2 Å². The van der Waals surface area contributed by atoms with E-state index in [1.165, 1.54) is 4.90 Å². The number of guanidine groups is 1. The zero-order valence-electron chi connectivity index (χ0n) is 16.9. The van der Waals surface area contributed by atoms with E-state index in [0.717, 1.165) is 18.5 Å². The van der Waals surface area contributed by atoms with E-state index < -0.39 is 0 Å². The van der Waals surface area contributed by atoms with Crippen molar-refractivity contribution in [2.75, 3.05) is 19.6 Å². The number of allylic oxidation sites excluding steroid dienone is 2. The number of fused-ring (bicyclic) bond motifs is 5. The Labute approximate surface area is 198 Å². The number of nitrogens with zero attached hydrogens (tertiary/aromatic N) is 3. The van der Waals surface area contributed by atoms with E-state index in [1.807, 2.05) is 13.0 Å². The number of likely N-dealkylation sites (tertiary alicyclic amines) is 1. The van der Waals surface area contributed by atoms with Crippen LogP contribution in [0.5, 0.6) is 0 Å². The number of aliphatic imine (C=N–C) groups is 1. The van der Waals surface area contributed by atoms with Crippen molar-refractivity contribution in [3.63, 3.8) is 0 Å². The average Bonchev–Trinajstić information content (AvgIpc) is 3.39. The van der Waals surface area contributed by atoms with Crippen molar-refractivity contribution in [2.24, 2.45) is 28.7 Å². The second kappa shape index (κ2) is 10.1. The number of pyridine rings is 1. The van der Waals surface area contributed by atoms with Gasteiger partial charge in [-0.15, -0.1) is 24.0 Å². The number of carbonyl (C=O) groups excluding carboxylic acids is 2. The summed E-state index contributed by atoms with van der Waals surface area (Å²) in [6.45, 7) is 4.32. The molecule has 2 fully saturated rings. The summed E-state index contributed by atoms with van der Waals surface area (Å²) in [7, 11) is 0. The number of imide groups is 1. The Morgan fingerprint density at radius 1 is 1.20 bits per heavy atom. The van der Waals surface area contributed by atoms with Crippen LogP contribution in [0.2, 0.25) is 5.15 Å². The maximum absolute atomic E-state index is 12.7. The van der Waals surface area contributed by atoms with Crippen LogP contribution in [-0.4, -0.2) is 47.3 Å². The van der Waals surface area contributed by atoms with Crippen molar-refractivity contribution < 1.29 is 9.59 Å². The lowest BCUT2D eigenvalue weighted by atomic mass is 9.85. The molecule has 2 amide bonds. The van der Waals surface area contributed by atoms with E-state index in [0.29, 0.717) is 37.2 Å². The van der Waals surface area contributed by atoms with E-state index in [1.54, 1.807) is 12.3 Å². The number of carbonyl (C=O) groups is 2. The number of nitrogens with one attached hydrogen (secondary N) is 2. The van der Waals surface area contributed by atoms with Crippen LogP contribution in [0.3, 0.4) is 0 Å². The van der Waals surface area contributed by atoms with Crippen molar-refractivity contribution >= 4 is 53.4 Å². The third-order valence-corrected chi connectivity index (χ3v) is 6.19. The monoisotopic (exact) mass is 543 g/mol. The van der Waals surface area contributed by atoms with Gasteiger partial charge in [0.2, 0.25) is 11.8 Å². The minimum atomic E-state index is -0.114. The fourth-order valence-corrected chi connectivity index (χ4v) is 4.75.